The Hall–Kier alpha value is 0.350. The zero-order valence-corrected chi connectivity index (χ0v) is 6.66. The summed E-state index contributed by atoms with van der Waals surface area (Å²) in [5.41, 5.74) is 0. The van der Waals surface area contributed by atoms with E-state index in [4.69, 9.17) is 5.11 Å². The van der Waals surface area contributed by atoms with Crippen molar-refractivity contribution in [2.75, 3.05) is 0 Å². The van der Waals surface area contributed by atoms with Crippen LogP contribution in [0.15, 0.2) is 0 Å². The molecular formula is C6H14NOP. The normalized spacial score (nSPS) is 36.7. The quantitative estimate of drug-likeness (QED) is 0.534. The molecule has 1 fully saturated rings. The Morgan fingerprint density at radius 2 is 1.78 bits per heavy atom. The lowest BCUT2D eigenvalue weighted by Gasteiger charge is -2.24. The molecule has 54 valence electrons. The van der Waals surface area contributed by atoms with Gasteiger partial charge in [0.25, 0.3) is 0 Å². The summed E-state index contributed by atoms with van der Waals surface area (Å²) >= 11 is 0. The predicted molar refractivity (Wildman–Crippen MR) is 41.1 cm³/mol. The molecule has 1 unspecified atom stereocenters. The summed E-state index contributed by atoms with van der Waals surface area (Å²) in [7, 11) is 2.53. The van der Waals surface area contributed by atoms with Crippen molar-refractivity contribution in [2.45, 2.75) is 37.8 Å². The first-order chi connectivity index (χ1) is 4.33. The van der Waals surface area contributed by atoms with Crippen LogP contribution >= 0.6 is 9.39 Å². The molecule has 3 heteroatoms. The molecule has 0 aromatic carbocycles. The maximum Gasteiger partial charge on any atom is 0.0541 e. The Morgan fingerprint density at radius 1 is 1.22 bits per heavy atom. The van der Waals surface area contributed by atoms with Gasteiger partial charge in [-0.3, -0.25) is 5.09 Å². The highest BCUT2D eigenvalue weighted by Gasteiger charge is 2.16. The molecule has 0 radical (unpaired) electrons. The molecule has 0 saturated heterocycles. The lowest BCUT2D eigenvalue weighted by Crippen LogP contribution is -2.28. The molecule has 0 heterocycles. The zero-order valence-electron chi connectivity index (χ0n) is 5.51. The Balaban J connectivity index is 2.18. The van der Waals surface area contributed by atoms with Gasteiger partial charge in [-0.15, -0.1) is 0 Å². The minimum absolute atomic E-state index is 0.0281. The van der Waals surface area contributed by atoms with Crippen LogP contribution in [-0.4, -0.2) is 17.3 Å². The van der Waals surface area contributed by atoms with Gasteiger partial charge in [-0.2, -0.15) is 0 Å². The van der Waals surface area contributed by atoms with E-state index in [-0.39, 0.29) is 6.10 Å². The molecular weight excluding hydrogens is 133 g/mol. The minimum Gasteiger partial charge on any atom is -0.393 e. The lowest BCUT2D eigenvalue weighted by atomic mass is 9.94. The van der Waals surface area contributed by atoms with Crippen LogP contribution in [0.4, 0.5) is 0 Å². The van der Waals surface area contributed by atoms with Crippen LogP contribution in [0.25, 0.3) is 0 Å². The average molecular weight is 147 g/mol. The first kappa shape index (κ1) is 7.46. The van der Waals surface area contributed by atoms with E-state index < -0.39 is 0 Å². The maximum atomic E-state index is 9.09. The number of aliphatic hydroxyl groups is 1. The highest BCUT2D eigenvalue weighted by molar-refractivity contribution is 7.13. The first-order valence-corrected chi connectivity index (χ1v) is 4.05. The van der Waals surface area contributed by atoms with Crippen LogP contribution in [0, 0.1) is 0 Å². The van der Waals surface area contributed by atoms with Gasteiger partial charge in [0.1, 0.15) is 0 Å². The molecule has 1 aliphatic carbocycles. The third-order valence-corrected chi connectivity index (χ3v) is 2.40. The second-order valence-corrected chi connectivity index (χ2v) is 3.01. The van der Waals surface area contributed by atoms with E-state index in [1.807, 2.05) is 0 Å². The average Bonchev–Trinajstić information content (AvgIpc) is 1.90. The van der Waals surface area contributed by atoms with E-state index in [1.165, 1.54) is 0 Å². The molecule has 0 spiro atoms. The Morgan fingerprint density at radius 3 is 2.22 bits per heavy atom. The van der Waals surface area contributed by atoms with Crippen molar-refractivity contribution in [1.29, 1.82) is 0 Å². The smallest absolute Gasteiger partial charge is 0.0541 e. The van der Waals surface area contributed by atoms with E-state index in [9.17, 15) is 0 Å². The monoisotopic (exact) mass is 147 g/mol. The second kappa shape index (κ2) is 3.50. The number of hydrogen-bond donors (Lipinski definition) is 2. The van der Waals surface area contributed by atoms with Gasteiger partial charge in [0.15, 0.2) is 0 Å². The van der Waals surface area contributed by atoms with E-state index in [1.54, 1.807) is 0 Å². The van der Waals surface area contributed by atoms with Gasteiger partial charge in [-0.1, -0.05) is 9.39 Å². The lowest BCUT2D eigenvalue weighted by molar-refractivity contribution is 0.121. The number of rotatable bonds is 1. The largest absolute Gasteiger partial charge is 0.393 e. The van der Waals surface area contributed by atoms with E-state index in [0.717, 1.165) is 25.7 Å². The van der Waals surface area contributed by atoms with Gasteiger partial charge in [0.2, 0.25) is 0 Å². The molecule has 1 saturated carbocycles. The van der Waals surface area contributed by atoms with Gasteiger partial charge in [0.05, 0.1) is 6.10 Å². The fourth-order valence-electron chi connectivity index (χ4n) is 1.24. The molecule has 9 heavy (non-hydrogen) atoms. The van der Waals surface area contributed by atoms with Crippen LogP contribution in [0.1, 0.15) is 25.7 Å². The van der Waals surface area contributed by atoms with Crippen LogP contribution < -0.4 is 5.09 Å². The molecule has 0 aromatic rings. The maximum absolute atomic E-state index is 9.09. The summed E-state index contributed by atoms with van der Waals surface area (Å²) in [6.07, 6.45) is 4.13. The van der Waals surface area contributed by atoms with Crippen LogP contribution in [0.5, 0.6) is 0 Å². The summed E-state index contributed by atoms with van der Waals surface area (Å²) in [5.74, 6) is 0. The van der Waals surface area contributed by atoms with Gasteiger partial charge >= 0.3 is 0 Å². The summed E-state index contributed by atoms with van der Waals surface area (Å²) in [6.45, 7) is 0. The molecule has 2 nitrogen and oxygen atoms in total. The first-order valence-electron chi connectivity index (χ1n) is 3.47. The van der Waals surface area contributed by atoms with E-state index in [0.29, 0.717) is 6.04 Å². The summed E-state index contributed by atoms with van der Waals surface area (Å²) in [4.78, 5) is 0. The van der Waals surface area contributed by atoms with Crippen molar-refractivity contribution >= 4 is 9.39 Å². The van der Waals surface area contributed by atoms with Crippen LogP contribution in [0.2, 0.25) is 0 Å². The van der Waals surface area contributed by atoms with Crippen molar-refractivity contribution in [3.8, 4) is 0 Å². The van der Waals surface area contributed by atoms with Crippen molar-refractivity contribution in [1.82, 2.24) is 5.09 Å². The molecule has 2 N–H and O–H groups in total. The molecule has 0 amide bonds. The standard InChI is InChI=1S/C6H14NOP/c8-6-3-1-5(7-9)2-4-6/h5-8H,1-4,9H2. The Kier molecular flexibility index (Phi) is 2.90. The van der Waals surface area contributed by atoms with Gasteiger partial charge < -0.3 is 5.11 Å². The van der Waals surface area contributed by atoms with Gasteiger partial charge in [0, 0.05) is 6.04 Å². The summed E-state index contributed by atoms with van der Waals surface area (Å²) in [6, 6.07) is 0.624. The molecule has 1 atom stereocenters. The van der Waals surface area contributed by atoms with Crippen molar-refractivity contribution in [3.63, 3.8) is 0 Å². The number of aliphatic hydroxyl groups excluding tert-OH is 1. The number of hydrogen-bond acceptors (Lipinski definition) is 2. The predicted octanol–water partition coefficient (Wildman–Crippen LogP) is 0.670. The molecule has 0 aliphatic heterocycles. The Labute approximate surface area is 58.3 Å². The Bertz CT molecular complexity index is 81.1. The molecule has 1 rings (SSSR count). The molecule has 1 aliphatic rings. The van der Waals surface area contributed by atoms with E-state index >= 15 is 0 Å². The third-order valence-electron chi connectivity index (χ3n) is 1.93. The third kappa shape index (κ3) is 2.21. The fraction of sp³-hybridized carbons (Fsp3) is 1.00. The van der Waals surface area contributed by atoms with Crippen molar-refractivity contribution < 1.29 is 5.11 Å². The van der Waals surface area contributed by atoms with Gasteiger partial charge in [-0.05, 0) is 25.7 Å². The van der Waals surface area contributed by atoms with Crippen LogP contribution in [0.3, 0.4) is 0 Å². The minimum atomic E-state index is -0.0281. The topological polar surface area (TPSA) is 32.3 Å². The molecule has 0 bridgehead atoms. The summed E-state index contributed by atoms with van der Waals surface area (Å²) in [5, 5.41) is 12.2. The fourth-order valence-corrected chi connectivity index (χ4v) is 1.58. The zero-order chi connectivity index (χ0) is 6.69. The summed E-state index contributed by atoms with van der Waals surface area (Å²) < 4.78 is 0. The van der Waals surface area contributed by atoms with Crippen molar-refractivity contribution in [3.05, 3.63) is 0 Å². The highest BCUT2D eigenvalue weighted by atomic mass is 31.0. The van der Waals surface area contributed by atoms with E-state index in [2.05, 4.69) is 14.5 Å². The van der Waals surface area contributed by atoms with Crippen LogP contribution in [-0.2, 0) is 0 Å². The molecule has 0 aromatic heterocycles. The van der Waals surface area contributed by atoms with Gasteiger partial charge in [-0.25, -0.2) is 0 Å². The van der Waals surface area contributed by atoms with Crippen molar-refractivity contribution in [2.24, 2.45) is 0 Å². The highest BCUT2D eigenvalue weighted by Crippen LogP contribution is 2.18. The second-order valence-electron chi connectivity index (χ2n) is 2.67. The number of nitrogens with one attached hydrogen (secondary N) is 1. The SMILES string of the molecule is OC1CCC(NP)CC1.